The zero-order valence-corrected chi connectivity index (χ0v) is 12.6. The van der Waals surface area contributed by atoms with Crippen LogP contribution in [0.5, 0.6) is 0 Å². The van der Waals surface area contributed by atoms with E-state index in [0.29, 0.717) is 10.6 Å². The quantitative estimate of drug-likeness (QED) is 0.757. The van der Waals surface area contributed by atoms with E-state index in [1.165, 1.54) is 11.3 Å². The van der Waals surface area contributed by atoms with Crippen LogP contribution in [-0.4, -0.2) is 10.9 Å². The van der Waals surface area contributed by atoms with Gasteiger partial charge in [-0.1, -0.05) is 18.2 Å². The van der Waals surface area contributed by atoms with E-state index in [-0.39, 0.29) is 5.91 Å². The number of aromatic nitrogens is 1. The van der Waals surface area contributed by atoms with Crippen LogP contribution in [0.4, 0.5) is 11.4 Å². The summed E-state index contributed by atoms with van der Waals surface area (Å²) in [5.41, 5.74) is 9.39. The molecule has 3 N–H and O–H groups in total. The predicted molar refractivity (Wildman–Crippen MR) is 87.9 cm³/mol. The van der Waals surface area contributed by atoms with Crippen LogP contribution in [0.1, 0.15) is 20.9 Å². The van der Waals surface area contributed by atoms with Gasteiger partial charge in [0.1, 0.15) is 9.71 Å². The molecule has 1 aromatic carbocycles. The molecule has 0 saturated heterocycles. The molecule has 0 spiro atoms. The Morgan fingerprint density at radius 2 is 1.95 bits per heavy atom. The van der Waals surface area contributed by atoms with E-state index in [1.807, 2.05) is 50.2 Å². The number of nitrogens with two attached hydrogens (primary N) is 1. The van der Waals surface area contributed by atoms with Gasteiger partial charge in [-0.2, -0.15) is 0 Å². The van der Waals surface area contributed by atoms with Crippen LogP contribution in [0, 0.1) is 13.8 Å². The molecule has 2 heterocycles. The normalized spacial score (nSPS) is 10.8. The van der Waals surface area contributed by atoms with Crippen LogP contribution in [-0.2, 0) is 0 Å². The fraction of sp³-hybridized carbons (Fsp3) is 0.125. The van der Waals surface area contributed by atoms with Gasteiger partial charge in [-0.3, -0.25) is 4.79 Å². The number of rotatable bonds is 2. The molecule has 2 aromatic heterocycles. The summed E-state index contributed by atoms with van der Waals surface area (Å²) in [7, 11) is 0. The van der Waals surface area contributed by atoms with Crippen molar-refractivity contribution in [1.82, 2.24) is 4.98 Å². The van der Waals surface area contributed by atoms with Gasteiger partial charge in [-0.05, 0) is 37.6 Å². The van der Waals surface area contributed by atoms with Crippen molar-refractivity contribution in [3.63, 3.8) is 0 Å². The van der Waals surface area contributed by atoms with E-state index in [4.69, 9.17) is 5.73 Å². The van der Waals surface area contributed by atoms with Crippen LogP contribution in [0.2, 0.25) is 0 Å². The molecule has 0 unspecified atom stereocenters. The van der Waals surface area contributed by atoms with Crippen molar-refractivity contribution in [2.45, 2.75) is 13.8 Å². The summed E-state index contributed by atoms with van der Waals surface area (Å²) < 4.78 is 0. The zero-order valence-electron chi connectivity index (χ0n) is 11.8. The number of anilines is 2. The van der Waals surface area contributed by atoms with Crippen molar-refractivity contribution >= 4 is 38.8 Å². The lowest BCUT2D eigenvalue weighted by Gasteiger charge is -2.04. The maximum atomic E-state index is 12.4. The van der Waals surface area contributed by atoms with Gasteiger partial charge >= 0.3 is 0 Å². The SMILES string of the molecule is Cc1cc(C)c2c(N)c(C(=O)Nc3ccccc3)sc2n1. The molecule has 0 atom stereocenters. The summed E-state index contributed by atoms with van der Waals surface area (Å²) in [6.07, 6.45) is 0. The Hall–Kier alpha value is -2.40. The molecule has 0 aliphatic rings. The Kier molecular flexibility index (Phi) is 3.35. The molecule has 0 aliphatic carbocycles. The van der Waals surface area contributed by atoms with Gasteiger partial charge < -0.3 is 11.1 Å². The minimum Gasteiger partial charge on any atom is -0.397 e. The maximum absolute atomic E-state index is 12.4. The van der Waals surface area contributed by atoms with Crippen LogP contribution in [0.15, 0.2) is 36.4 Å². The summed E-state index contributed by atoms with van der Waals surface area (Å²) in [6, 6.07) is 11.3. The van der Waals surface area contributed by atoms with Crippen LogP contribution < -0.4 is 11.1 Å². The summed E-state index contributed by atoms with van der Waals surface area (Å²) in [6.45, 7) is 3.92. The van der Waals surface area contributed by atoms with Gasteiger partial charge in [0.25, 0.3) is 5.91 Å². The standard InChI is InChI=1S/C16H15N3OS/c1-9-8-10(2)18-16-12(9)13(17)14(21-16)15(20)19-11-6-4-3-5-7-11/h3-8H,17H2,1-2H3,(H,19,20). The molecule has 3 rings (SSSR count). The Balaban J connectivity index is 2.03. The van der Waals surface area contributed by atoms with Crippen molar-refractivity contribution in [2.75, 3.05) is 11.1 Å². The van der Waals surface area contributed by atoms with Gasteiger partial charge in [0.05, 0.1) is 5.69 Å². The van der Waals surface area contributed by atoms with Crippen molar-refractivity contribution in [2.24, 2.45) is 0 Å². The fourth-order valence-electron chi connectivity index (χ4n) is 2.35. The first-order valence-electron chi connectivity index (χ1n) is 6.59. The van der Waals surface area contributed by atoms with Crippen molar-refractivity contribution in [3.8, 4) is 0 Å². The molecule has 0 radical (unpaired) electrons. The number of para-hydroxylation sites is 1. The molecule has 21 heavy (non-hydrogen) atoms. The molecule has 0 bridgehead atoms. The van der Waals surface area contributed by atoms with E-state index in [1.54, 1.807) is 0 Å². The highest BCUT2D eigenvalue weighted by molar-refractivity contribution is 7.21. The Labute approximate surface area is 126 Å². The number of hydrogen-bond donors (Lipinski definition) is 2. The zero-order chi connectivity index (χ0) is 15.0. The van der Waals surface area contributed by atoms with Crippen LogP contribution in [0.3, 0.4) is 0 Å². The molecule has 106 valence electrons. The maximum Gasteiger partial charge on any atom is 0.267 e. The smallest absolute Gasteiger partial charge is 0.267 e. The third kappa shape index (κ3) is 2.48. The molecule has 5 heteroatoms. The lowest BCUT2D eigenvalue weighted by molar-refractivity contribution is 0.103. The molecule has 1 amide bonds. The minimum absolute atomic E-state index is 0.196. The summed E-state index contributed by atoms with van der Waals surface area (Å²) in [5, 5.41) is 3.74. The molecular weight excluding hydrogens is 282 g/mol. The predicted octanol–water partition coefficient (Wildman–Crippen LogP) is 3.75. The largest absolute Gasteiger partial charge is 0.397 e. The topological polar surface area (TPSA) is 68.0 Å². The fourth-order valence-corrected chi connectivity index (χ4v) is 3.46. The average molecular weight is 297 g/mol. The third-order valence-electron chi connectivity index (χ3n) is 3.26. The highest BCUT2D eigenvalue weighted by atomic mass is 32.1. The Morgan fingerprint density at radius 1 is 1.24 bits per heavy atom. The van der Waals surface area contributed by atoms with Gasteiger partial charge in [0.15, 0.2) is 0 Å². The second-order valence-electron chi connectivity index (χ2n) is 4.93. The van der Waals surface area contributed by atoms with Crippen molar-refractivity contribution in [1.29, 1.82) is 0 Å². The number of nitrogens with zero attached hydrogens (tertiary/aromatic N) is 1. The first kappa shape index (κ1) is 13.6. The second kappa shape index (κ2) is 5.18. The number of pyridine rings is 1. The molecule has 0 aliphatic heterocycles. The van der Waals surface area contributed by atoms with Crippen molar-refractivity contribution < 1.29 is 4.79 Å². The van der Waals surface area contributed by atoms with Crippen LogP contribution >= 0.6 is 11.3 Å². The number of benzene rings is 1. The van der Waals surface area contributed by atoms with Crippen molar-refractivity contribution in [3.05, 3.63) is 52.5 Å². The van der Waals surface area contributed by atoms with E-state index < -0.39 is 0 Å². The Bertz CT molecular complexity index is 824. The first-order valence-corrected chi connectivity index (χ1v) is 7.40. The lowest BCUT2D eigenvalue weighted by Crippen LogP contribution is -2.11. The van der Waals surface area contributed by atoms with E-state index in [2.05, 4.69) is 10.3 Å². The monoisotopic (exact) mass is 297 g/mol. The molecule has 0 fully saturated rings. The molecule has 0 saturated carbocycles. The molecule has 4 nitrogen and oxygen atoms in total. The number of amides is 1. The number of carbonyl (C=O) groups is 1. The Morgan fingerprint density at radius 3 is 2.67 bits per heavy atom. The van der Waals surface area contributed by atoms with Crippen LogP contribution in [0.25, 0.3) is 10.2 Å². The highest BCUT2D eigenvalue weighted by Crippen LogP contribution is 2.35. The van der Waals surface area contributed by atoms with Gasteiger partial charge in [-0.25, -0.2) is 4.98 Å². The molecule has 3 aromatic rings. The summed E-state index contributed by atoms with van der Waals surface area (Å²) >= 11 is 1.33. The third-order valence-corrected chi connectivity index (χ3v) is 4.36. The number of hydrogen-bond acceptors (Lipinski definition) is 4. The minimum atomic E-state index is -0.196. The highest BCUT2D eigenvalue weighted by Gasteiger charge is 2.18. The number of fused-ring (bicyclic) bond motifs is 1. The number of carbonyl (C=O) groups excluding carboxylic acids is 1. The van der Waals surface area contributed by atoms with Gasteiger partial charge in [-0.15, -0.1) is 11.3 Å². The summed E-state index contributed by atoms with van der Waals surface area (Å²) in [4.78, 5) is 18.2. The van der Waals surface area contributed by atoms with E-state index in [9.17, 15) is 4.79 Å². The van der Waals surface area contributed by atoms with E-state index >= 15 is 0 Å². The van der Waals surface area contributed by atoms with E-state index in [0.717, 1.165) is 27.2 Å². The van der Waals surface area contributed by atoms with Gasteiger partial charge in [0.2, 0.25) is 0 Å². The first-order chi connectivity index (χ1) is 10.1. The number of aryl methyl sites for hydroxylation is 2. The lowest BCUT2D eigenvalue weighted by atomic mass is 10.1. The number of thiophene rings is 1. The second-order valence-corrected chi connectivity index (χ2v) is 5.92. The number of nitrogen functional groups attached to an aromatic ring is 1. The molecular formula is C16H15N3OS. The average Bonchev–Trinajstić information content (AvgIpc) is 2.77. The van der Waals surface area contributed by atoms with Gasteiger partial charge in [0, 0.05) is 16.8 Å². The summed E-state index contributed by atoms with van der Waals surface area (Å²) in [5.74, 6) is -0.196. The number of nitrogens with one attached hydrogen (secondary N) is 1.